The summed E-state index contributed by atoms with van der Waals surface area (Å²) in [5, 5.41) is 2.98. The maximum absolute atomic E-state index is 11.4. The molecule has 1 fully saturated rings. The molecule has 0 aliphatic carbocycles. The number of anilines is 2. The highest BCUT2D eigenvalue weighted by Gasteiger charge is 2.35. The van der Waals surface area contributed by atoms with Crippen LogP contribution in [0.5, 0.6) is 0 Å². The Kier molecular flexibility index (Phi) is 13.6. The van der Waals surface area contributed by atoms with Crippen LogP contribution in [0.1, 0.15) is 54.2 Å². The van der Waals surface area contributed by atoms with Crippen LogP contribution in [-0.4, -0.2) is 57.9 Å². The van der Waals surface area contributed by atoms with E-state index in [0.717, 1.165) is 11.3 Å². The molecule has 0 aromatic carbocycles. The van der Waals surface area contributed by atoms with Crippen molar-refractivity contribution in [2.75, 3.05) is 31.2 Å². The molecule has 2 aromatic heterocycles. The van der Waals surface area contributed by atoms with Gasteiger partial charge in [0.05, 0.1) is 25.1 Å². The second-order valence-electron chi connectivity index (χ2n) is 7.91. The Morgan fingerprint density at radius 1 is 1.40 bits per heavy atom. The van der Waals surface area contributed by atoms with E-state index >= 15 is 0 Å². The maximum Gasteiger partial charge on any atom is 0.321 e. The van der Waals surface area contributed by atoms with Gasteiger partial charge in [0.15, 0.2) is 17.0 Å². The van der Waals surface area contributed by atoms with Crippen molar-refractivity contribution in [3.8, 4) is 0 Å². The number of carbonyl (C=O) groups is 1. The van der Waals surface area contributed by atoms with Gasteiger partial charge in [-0.15, -0.1) is 18.2 Å². The van der Waals surface area contributed by atoms with E-state index in [1.54, 1.807) is 27.2 Å². The number of aromatic nitrogens is 4. The minimum absolute atomic E-state index is 0.00131. The van der Waals surface area contributed by atoms with Crippen molar-refractivity contribution in [3.63, 3.8) is 0 Å². The molecule has 0 saturated carbocycles. The molecule has 0 radical (unpaired) electrons. The summed E-state index contributed by atoms with van der Waals surface area (Å²) in [6, 6.07) is 0. The standard InChI is InChI=1S/C17H28N8O4.C3H6S.C2H6/c1-9(2)28-12(26)6-21-24-27-7-11-5-10(3)16(29-11)25-8-20-13-14(19-4)22-17(18)23-15(13)25;1-3(2)4;1-2/h8-11,16,21,24H,5-7H2,1-4H3,(H3,18,19,22,23);4H,1H2,2H3;1-2H3/t10-,11?,16?;;/m0../s1. The molecule has 13 heteroatoms. The second kappa shape index (κ2) is 15.5. The van der Waals surface area contributed by atoms with Crippen LogP contribution >= 0.6 is 12.6 Å². The first-order valence-corrected chi connectivity index (χ1v) is 12.0. The Bertz CT molecular complexity index is 936. The zero-order valence-corrected chi connectivity index (χ0v) is 22.6. The summed E-state index contributed by atoms with van der Waals surface area (Å²) in [4.78, 5) is 30.5. The quantitative estimate of drug-likeness (QED) is 0.146. The Hall–Kier alpha value is -2.45. The van der Waals surface area contributed by atoms with Gasteiger partial charge in [-0.25, -0.2) is 10.4 Å². The van der Waals surface area contributed by atoms with Crippen molar-refractivity contribution in [3.05, 3.63) is 17.8 Å². The summed E-state index contributed by atoms with van der Waals surface area (Å²) < 4.78 is 13.0. The third kappa shape index (κ3) is 9.98. The number of thiol groups is 1. The molecule has 0 spiro atoms. The molecular weight excluding hydrogens is 472 g/mol. The van der Waals surface area contributed by atoms with Crippen molar-refractivity contribution in [2.45, 2.75) is 66.4 Å². The van der Waals surface area contributed by atoms with E-state index in [2.05, 4.69) is 57.4 Å². The molecule has 5 N–H and O–H groups in total. The number of hydrogen-bond donors (Lipinski definition) is 5. The number of fused-ring (bicyclic) bond motifs is 1. The molecule has 0 bridgehead atoms. The number of rotatable bonds is 9. The monoisotopic (exact) mass is 512 g/mol. The van der Waals surface area contributed by atoms with Crippen LogP contribution in [0, 0.1) is 5.92 Å². The van der Waals surface area contributed by atoms with Crippen molar-refractivity contribution >= 4 is 41.5 Å². The van der Waals surface area contributed by atoms with Crippen LogP contribution in [0.15, 0.2) is 17.8 Å². The Morgan fingerprint density at radius 2 is 2.06 bits per heavy atom. The van der Waals surface area contributed by atoms with Gasteiger partial charge in [-0.3, -0.25) is 14.2 Å². The first-order chi connectivity index (χ1) is 16.6. The lowest BCUT2D eigenvalue weighted by molar-refractivity contribution is -0.148. The van der Waals surface area contributed by atoms with Gasteiger partial charge in [0.2, 0.25) is 5.95 Å². The third-order valence-electron chi connectivity index (χ3n) is 4.42. The zero-order chi connectivity index (χ0) is 26.5. The van der Waals surface area contributed by atoms with Gasteiger partial charge in [0.25, 0.3) is 0 Å². The molecule has 3 rings (SSSR count). The van der Waals surface area contributed by atoms with Crippen LogP contribution in [0.4, 0.5) is 11.8 Å². The highest BCUT2D eigenvalue weighted by molar-refractivity contribution is 7.84. The number of nitrogen functional groups attached to an aromatic ring is 1. The number of nitrogens with zero attached hydrogens (tertiary/aromatic N) is 4. The fourth-order valence-corrected chi connectivity index (χ4v) is 3.26. The predicted octanol–water partition coefficient (Wildman–Crippen LogP) is 2.83. The Balaban J connectivity index is 0.000000926. The van der Waals surface area contributed by atoms with E-state index in [0.29, 0.717) is 23.6 Å². The summed E-state index contributed by atoms with van der Waals surface area (Å²) in [7, 11) is 1.76. The van der Waals surface area contributed by atoms with Gasteiger partial charge in [0, 0.05) is 13.0 Å². The number of carbonyl (C=O) groups excluding carboxylic acids is 1. The summed E-state index contributed by atoms with van der Waals surface area (Å²) in [5.74, 6) is 0.587. The van der Waals surface area contributed by atoms with E-state index < -0.39 is 0 Å². The van der Waals surface area contributed by atoms with Gasteiger partial charge >= 0.3 is 5.97 Å². The van der Waals surface area contributed by atoms with E-state index in [-0.39, 0.29) is 42.8 Å². The molecule has 0 amide bonds. The molecule has 1 aliphatic rings. The molecule has 1 aliphatic heterocycles. The summed E-state index contributed by atoms with van der Waals surface area (Å²) in [5.41, 5.74) is 12.3. The topological polar surface area (TPSA) is 150 Å². The van der Waals surface area contributed by atoms with Crippen molar-refractivity contribution in [1.29, 1.82) is 0 Å². The summed E-state index contributed by atoms with van der Waals surface area (Å²) in [6.45, 7) is 15.2. The molecule has 35 heavy (non-hydrogen) atoms. The van der Waals surface area contributed by atoms with Crippen LogP contribution in [0.25, 0.3) is 11.2 Å². The average molecular weight is 513 g/mol. The lowest BCUT2D eigenvalue weighted by Crippen LogP contribution is -2.39. The van der Waals surface area contributed by atoms with E-state index in [9.17, 15) is 4.79 Å². The Morgan fingerprint density at radius 3 is 2.66 bits per heavy atom. The van der Waals surface area contributed by atoms with E-state index in [1.165, 1.54) is 0 Å². The molecule has 1 saturated heterocycles. The molecule has 12 nitrogen and oxygen atoms in total. The number of nitrogens with one attached hydrogen (secondary N) is 3. The molecular formula is C22H40N8O4S. The van der Waals surface area contributed by atoms with E-state index in [4.69, 9.17) is 20.0 Å². The molecule has 3 heterocycles. The number of nitrogens with two attached hydrogens (primary N) is 1. The minimum Gasteiger partial charge on any atom is -0.462 e. The molecule has 198 valence electrons. The van der Waals surface area contributed by atoms with Gasteiger partial charge in [-0.2, -0.15) is 9.97 Å². The largest absolute Gasteiger partial charge is 0.462 e. The van der Waals surface area contributed by atoms with Gasteiger partial charge in [-0.1, -0.05) is 27.4 Å². The third-order valence-corrected chi connectivity index (χ3v) is 4.42. The lowest BCUT2D eigenvalue weighted by Gasteiger charge is -2.18. The number of allylic oxidation sites excluding steroid dienone is 1. The molecule has 3 atom stereocenters. The SMILES string of the molecule is C=C(C)S.CC.CNc1nc(N)nc2c1ncn2C1OC(CONNCC(=O)OC(C)C)C[C@@H]1C. The van der Waals surface area contributed by atoms with Crippen LogP contribution in [0.2, 0.25) is 0 Å². The number of esters is 1. The molecule has 2 aromatic rings. The fourth-order valence-electron chi connectivity index (χ4n) is 3.26. The number of ether oxygens (including phenoxy) is 2. The summed E-state index contributed by atoms with van der Waals surface area (Å²) >= 11 is 3.77. The maximum atomic E-state index is 11.4. The zero-order valence-electron chi connectivity index (χ0n) is 21.7. The van der Waals surface area contributed by atoms with Gasteiger partial charge in [-0.05, 0) is 32.1 Å². The average Bonchev–Trinajstić information content (AvgIpc) is 3.36. The predicted molar refractivity (Wildman–Crippen MR) is 140 cm³/mol. The molecule has 2 unspecified atom stereocenters. The van der Waals surface area contributed by atoms with Crippen molar-refractivity contribution in [1.82, 2.24) is 30.5 Å². The van der Waals surface area contributed by atoms with Gasteiger partial charge < -0.3 is 20.5 Å². The summed E-state index contributed by atoms with van der Waals surface area (Å²) in [6.07, 6.45) is 1.94. The van der Waals surface area contributed by atoms with Crippen molar-refractivity contribution < 1.29 is 19.1 Å². The first kappa shape index (κ1) is 30.6. The highest BCUT2D eigenvalue weighted by atomic mass is 32.1. The van der Waals surface area contributed by atoms with Crippen LogP contribution in [0.3, 0.4) is 0 Å². The highest BCUT2D eigenvalue weighted by Crippen LogP contribution is 2.36. The first-order valence-electron chi connectivity index (χ1n) is 11.6. The van der Waals surface area contributed by atoms with E-state index in [1.807, 2.05) is 25.3 Å². The normalized spacial score (nSPS) is 18.9. The second-order valence-corrected chi connectivity index (χ2v) is 8.67. The number of imidazole rings is 1. The Labute approximate surface area is 212 Å². The number of hydrogen-bond acceptors (Lipinski definition) is 12. The van der Waals surface area contributed by atoms with Crippen molar-refractivity contribution in [2.24, 2.45) is 5.92 Å². The fraction of sp³-hybridized carbons (Fsp3) is 0.636. The lowest BCUT2D eigenvalue weighted by atomic mass is 10.1. The van der Waals surface area contributed by atoms with Crippen LogP contribution in [-0.2, 0) is 19.1 Å². The van der Waals surface area contributed by atoms with Gasteiger partial charge in [0.1, 0.15) is 12.8 Å². The minimum atomic E-state index is -0.365. The smallest absolute Gasteiger partial charge is 0.321 e. The number of hydrazine groups is 1. The van der Waals surface area contributed by atoms with Crippen LogP contribution < -0.4 is 22.1 Å².